The van der Waals surface area contributed by atoms with Gasteiger partial charge in [-0.25, -0.2) is 4.39 Å². The average Bonchev–Trinajstić information content (AvgIpc) is 2.32. The molecule has 0 saturated carbocycles. The van der Waals surface area contributed by atoms with Crippen LogP contribution in [0.5, 0.6) is 0 Å². The summed E-state index contributed by atoms with van der Waals surface area (Å²) in [5.41, 5.74) is 5.21. The number of hydrogen-bond donors (Lipinski definition) is 1. The molecule has 0 aromatic heterocycles. The van der Waals surface area contributed by atoms with Crippen LogP contribution in [0, 0.1) is 11.2 Å². The Hall–Kier alpha value is -1.13. The number of nitrogens with zero attached hydrogens (tertiary/aromatic N) is 1. The van der Waals surface area contributed by atoms with Crippen molar-refractivity contribution in [3.8, 4) is 0 Å². The smallest absolute Gasteiger partial charge is 0.229 e. The van der Waals surface area contributed by atoms with Crippen molar-refractivity contribution in [1.82, 2.24) is 4.90 Å². The van der Waals surface area contributed by atoms with Crippen molar-refractivity contribution >= 4 is 17.5 Å². The predicted octanol–water partition coefficient (Wildman–Crippen LogP) is 2.42. The van der Waals surface area contributed by atoms with E-state index in [1.807, 2.05) is 0 Å². The van der Waals surface area contributed by atoms with Gasteiger partial charge in [0.05, 0.1) is 5.41 Å². The van der Waals surface area contributed by atoms with Crippen LogP contribution in [0.4, 0.5) is 4.39 Å². The van der Waals surface area contributed by atoms with Crippen LogP contribution in [-0.2, 0) is 11.3 Å². The molecule has 5 heteroatoms. The molecule has 0 aliphatic carbocycles. The molecule has 0 aliphatic heterocycles. The standard InChI is InChI=1S/C13H18ClFN2O/c1-13(2,8-16)12(18)17(3)7-9-10(14)5-4-6-11(9)15/h4-6H,7-8,16H2,1-3H3. The Morgan fingerprint density at radius 1 is 1.50 bits per heavy atom. The minimum Gasteiger partial charge on any atom is -0.341 e. The lowest BCUT2D eigenvalue weighted by Crippen LogP contribution is -2.42. The third-order valence-corrected chi connectivity index (χ3v) is 3.25. The molecule has 0 radical (unpaired) electrons. The van der Waals surface area contributed by atoms with Gasteiger partial charge >= 0.3 is 0 Å². The number of amides is 1. The van der Waals surface area contributed by atoms with Gasteiger partial charge in [0.2, 0.25) is 5.91 Å². The molecule has 0 bridgehead atoms. The molecule has 1 aromatic carbocycles. The Balaban J connectivity index is 2.89. The summed E-state index contributed by atoms with van der Waals surface area (Å²) in [7, 11) is 1.61. The highest BCUT2D eigenvalue weighted by Gasteiger charge is 2.29. The van der Waals surface area contributed by atoms with Crippen molar-refractivity contribution < 1.29 is 9.18 Å². The summed E-state index contributed by atoms with van der Waals surface area (Å²) in [5.74, 6) is -0.544. The van der Waals surface area contributed by atoms with Crippen LogP contribution in [0.25, 0.3) is 0 Å². The van der Waals surface area contributed by atoms with Crippen LogP contribution >= 0.6 is 11.6 Å². The van der Waals surface area contributed by atoms with Crippen LogP contribution in [-0.4, -0.2) is 24.4 Å². The summed E-state index contributed by atoms with van der Waals surface area (Å²) < 4.78 is 13.6. The number of carbonyl (C=O) groups excluding carboxylic acids is 1. The van der Waals surface area contributed by atoms with E-state index >= 15 is 0 Å². The van der Waals surface area contributed by atoms with Crippen LogP contribution in [0.15, 0.2) is 18.2 Å². The number of carbonyl (C=O) groups is 1. The minimum absolute atomic E-state index is 0.133. The van der Waals surface area contributed by atoms with E-state index in [2.05, 4.69) is 0 Å². The maximum absolute atomic E-state index is 13.6. The lowest BCUT2D eigenvalue weighted by molar-refractivity contribution is -0.139. The molecule has 3 nitrogen and oxygen atoms in total. The first-order valence-electron chi connectivity index (χ1n) is 5.68. The highest BCUT2D eigenvalue weighted by Crippen LogP contribution is 2.23. The minimum atomic E-state index is -0.660. The first kappa shape index (κ1) is 14.9. The normalized spacial score (nSPS) is 11.4. The molecule has 1 rings (SSSR count). The second kappa shape index (κ2) is 5.67. The molecule has 0 saturated heterocycles. The van der Waals surface area contributed by atoms with Crippen molar-refractivity contribution in [1.29, 1.82) is 0 Å². The zero-order valence-corrected chi connectivity index (χ0v) is 11.6. The number of benzene rings is 1. The molecule has 0 fully saturated rings. The van der Waals surface area contributed by atoms with Gasteiger partial charge in [0.25, 0.3) is 0 Å². The van der Waals surface area contributed by atoms with Crippen LogP contribution in [0.3, 0.4) is 0 Å². The summed E-state index contributed by atoms with van der Waals surface area (Å²) in [5, 5.41) is 0.320. The molecule has 0 spiro atoms. The fourth-order valence-electron chi connectivity index (χ4n) is 1.60. The van der Waals surface area contributed by atoms with Crippen molar-refractivity contribution in [2.24, 2.45) is 11.1 Å². The predicted molar refractivity (Wildman–Crippen MR) is 70.7 cm³/mol. The fraction of sp³-hybridized carbons (Fsp3) is 0.462. The zero-order chi connectivity index (χ0) is 13.9. The largest absolute Gasteiger partial charge is 0.341 e. The van der Waals surface area contributed by atoms with Gasteiger partial charge in [-0.15, -0.1) is 0 Å². The summed E-state index contributed by atoms with van der Waals surface area (Å²) in [6.45, 7) is 3.89. The molecule has 0 heterocycles. The molecule has 1 aromatic rings. The van der Waals surface area contributed by atoms with E-state index in [1.165, 1.54) is 17.0 Å². The molecule has 0 aliphatic rings. The number of nitrogens with two attached hydrogens (primary N) is 1. The van der Waals surface area contributed by atoms with E-state index in [0.717, 1.165) is 0 Å². The van der Waals surface area contributed by atoms with Crippen molar-refractivity contribution in [3.05, 3.63) is 34.6 Å². The molecule has 18 heavy (non-hydrogen) atoms. The van der Waals surface area contributed by atoms with Gasteiger partial charge in [0.15, 0.2) is 0 Å². The molecule has 0 unspecified atom stereocenters. The Labute approximate surface area is 112 Å². The maximum atomic E-state index is 13.6. The van der Waals surface area contributed by atoms with Gasteiger partial charge in [0.1, 0.15) is 5.82 Å². The SMILES string of the molecule is CN(Cc1c(F)cccc1Cl)C(=O)C(C)(C)CN. The van der Waals surface area contributed by atoms with E-state index in [1.54, 1.807) is 27.0 Å². The first-order chi connectivity index (χ1) is 8.29. The Morgan fingerprint density at radius 3 is 2.61 bits per heavy atom. The van der Waals surface area contributed by atoms with Gasteiger partial charge in [-0.2, -0.15) is 0 Å². The fourth-order valence-corrected chi connectivity index (χ4v) is 1.82. The van der Waals surface area contributed by atoms with Gasteiger partial charge in [0, 0.05) is 30.7 Å². The molecule has 100 valence electrons. The maximum Gasteiger partial charge on any atom is 0.229 e. The van der Waals surface area contributed by atoms with Crippen LogP contribution in [0.2, 0.25) is 5.02 Å². The Bertz CT molecular complexity index is 428. The van der Waals surface area contributed by atoms with E-state index in [-0.39, 0.29) is 19.0 Å². The van der Waals surface area contributed by atoms with Crippen LogP contribution in [0.1, 0.15) is 19.4 Å². The van der Waals surface area contributed by atoms with E-state index in [9.17, 15) is 9.18 Å². The number of rotatable bonds is 4. The lowest BCUT2D eigenvalue weighted by atomic mass is 9.92. The highest BCUT2D eigenvalue weighted by atomic mass is 35.5. The van der Waals surface area contributed by atoms with Crippen molar-refractivity contribution in [3.63, 3.8) is 0 Å². The summed E-state index contributed by atoms with van der Waals surface area (Å²) in [6.07, 6.45) is 0. The van der Waals surface area contributed by atoms with E-state index < -0.39 is 11.2 Å². The third kappa shape index (κ3) is 3.21. The third-order valence-electron chi connectivity index (χ3n) is 2.89. The summed E-state index contributed by atoms with van der Waals surface area (Å²) >= 11 is 5.92. The van der Waals surface area contributed by atoms with Gasteiger partial charge in [-0.1, -0.05) is 17.7 Å². The first-order valence-corrected chi connectivity index (χ1v) is 6.06. The average molecular weight is 273 g/mol. The van der Waals surface area contributed by atoms with Crippen molar-refractivity contribution in [2.75, 3.05) is 13.6 Å². The zero-order valence-electron chi connectivity index (χ0n) is 10.8. The van der Waals surface area contributed by atoms with Gasteiger partial charge in [-0.05, 0) is 26.0 Å². The second-order valence-corrected chi connectivity index (χ2v) is 5.36. The van der Waals surface area contributed by atoms with Crippen molar-refractivity contribution in [2.45, 2.75) is 20.4 Å². The quantitative estimate of drug-likeness (QED) is 0.915. The second-order valence-electron chi connectivity index (χ2n) is 4.95. The van der Waals surface area contributed by atoms with Gasteiger partial charge < -0.3 is 10.6 Å². The molecular weight excluding hydrogens is 255 g/mol. The summed E-state index contributed by atoms with van der Waals surface area (Å²) in [6, 6.07) is 4.47. The Morgan fingerprint density at radius 2 is 2.11 bits per heavy atom. The molecule has 0 atom stereocenters. The lowest BCUT2D eigenvalue weighted by Gasteiger charge is -2.28. The molecule has 2 N–H and O–H groups in total. The number of hydrogen-bond acceptors (Lipinski definition) is 2. The highest BCUT2D eigenvalue weighted by molar-refractivity contribution is 6.31. The van der Waals surface area contributed by atoms with E-state index in [0.29, 0.717) is 10.6 Å². The topological polar surface area (TPSA) is 46.3 Å². The summed E-state index contributed by atoms with van der Waals surface area (Å²) in [4.78, 5) is 13.5. The monoisotopic (exact) mass is 272 g/mol. The van der Waals surface area contributed by atoms with Crippen LogP contribution < -0.4 is 5.73 Å². The Kier molecular flexibility index (Phi) is 4.71. The molecular formula is C13H18ClFN2O. The van der Waals surface area contributed by atoms with E-state index in [4.69, 9.17) is 17.3 Å². The molecule has 1 amide bonds. The van der Waals surface area contributed by atoms with Gasteiger partial charge in [-0.3, -0.25) is 4.79 Å². The number of halogens is 2.